The molecule has 0 amide bonds. The van der Waals surface area contributed by atoms with Crippen LogP contribution in [0.3, 0.4) is 0 Å². The molecule has 0 radical (unpaired) electrons. The Hall–Kier alpha value is -0.420. The SMILES string of the molecule is CC1CN(CCNCCc2cccs2)CC(C)N1C. The van der Waals surface area contributed by atoms with Gasteiger partial charge in [0.1, 0.15) is 0 Å². The van der Waals surface area contributed by atoms with Crippen molar-refractivity contribution in [3.8, 4) is 0 Å². The van der Waals surface area contributed by atoms with Gasteiger partial charge < -0.3 is 5.32 Å². The van der Waals surface area contributed by atoms with E-state index in [4.69, 9.17) is 0 Å². The van der Waals surface area contributed by atoms with Crippen LogP contribution in [0.5, 0.6) is 0 Å². The lowest BCUT2D eigenvalue weighted by atomic mass is 10.1. The molecular weight excluding hydrogens is 254 g/mol. The summed E-state index contributed by atoms with van der Waals surface area (Å²) in [6, 6.07) is 5.70. The van der Waals surface area contributed by atoms with E-state index in [-0.39, 0.29) is 0 Å². The van der Waals surface area contributed by atoms with Gasteiger partial charge in [0.25, 0.3) is 0 Å². The summed E-state index contributed by atoms with van der Waals surface area (Å²) in [6.07, 6.45) is 1.16. The Balaban J connectivity index is 1.58. The zero-order chi connectivity index (χ0) is 13.7. The van der Waals surface area contributed by atoms with Crippen molar-refractivity contribution in [3.63, 3.8) is 0 Å². The summed E-state index contributed by atoms with van der Waals surface area (Å²) in [5.74, 6) is 0. The highest BCUT2D eigenvalue weighted by atomic mass is 32.1. The van der Waals surface area contributed by atoms with Crippen LogP contribution in [-0.2, 0) is 6.42 Å². The second-order valence-electron chi connectivity index (χ2n) is 5.70. The summed E-state index contributed by atoms with van der Waals surface area (Å²) in [5.41, 5.74) is 0. The van der Waals surface area contributed by atoms with Crippen molar-refractivity contribution in [2.45, 2.75) is 32.4 Å². The fraction of sp³-hybridized carbons (Fsp3) is 0.733. The van der Waals surface area contributed by atoms with Crippen LogP contribution in [0.1, 0.15) is 18.7 Å². The van der Waals surface area contributed by atoms with E-state index in [1.807, 2.05) is 11.3 Å². The summed E-state index contributed by atoms with van der Waals surface area (Å²) in [7, 11) is 2.24. The van der Waals surface area contributed by atoms with Crippen LogP contribution in [0.2, 0.25) is 0 Å². The first kappa shape index (κ1) is 15.0. The fourth-order valence-electron chi connectivity index (χ4n) is 2.73. The second-order valence-corrected chi connectivity index (χ2v) is 6.73. The molecule has 2 unspecified atom stereocenters. The first-order valence-corrected chi connectivity index (χ1v) is 8.22. The van der Waals surface area contributed by atoms with Crippen LogP contribution in [0.15, 0.2) is 17.5 Å². The number of rotatable bonds is 6. The molecule has 2 heterocycles. The zero-order valence-electron chi connectivity index (χ0n) is 12.4. The molecular formula is C15H27N3S. The van der Waals surface area contributed by atoms with E-state index in [0.717, 1.165) is 19.5 Å². The molecule has 2 atom stereocenters. The van der Waals surface area contributed by atoms with Crippen LogP contribution >= 0.6 is 11.3 Å². The van der Waals surface area contributed by atoms with E-state index in [1.165, 1.54) is 24.5 Å². The van der Waals surface area contributed by atoms with E-state index >= 15 is 0 Å². The third kappa shape index (κ3) is 4.56. The molecule has 1 aromatic heterocycles. The molecule has 0 spiro atoms. The Bertz CT molecular complexity index is 340. The number of hydrogen-bond donors (Lipinski definition) is 1. The first-order chi connectivity index (χ1) is 9.16. The highest BCUT2D eigenvalue weighted by molar-refractivity contribution is 7.09. The molecule has 0 bridgehead atoms. The Morgan fingerprint density at radius 1 is 1.26 bits per heavy atom. The van der Waals surface area contributed by atoms with Gasteiger partial charge in [0.05, 0.1) is 0 Å². The Kier molecular flexibility index (Phi) is 5.82. The molecule has 3 nitrogen and oxygen atoms in total. The van der Waals surface area contributed by atoms with Crippen molar-refractivity contribution in [2.24, 2.45) is 0 Å². The van der Waals surface area contributed by atoms with Crippen molar-refractivity contribution >= 4 is 11.3 Å². The summed E-state index contributed by atoms with van der Waals surface area (Å²) >= 11 is 1.85. The number of likely N-dealkylation sites (N-methyl/N-ethyl adjacent to an activating group) is 1. The number of thiophene rings is 1. The predicted octanol–water partition coefficient (Wildman–Crippen LogP) is 1.90. The van der Waals surface area contributed by atoms with Crippen molar-refractivity contribution in [1.82, 2.24) is 15.1 Å². The maximum absolute atomic E-state index is 3.56. The van der Waals surface area contributed by atoms with E-state index in [1.54, 1.807) is 0 Å². The van der Waals surface area contributed by atoms with Gasteiger partial charge in [-0.2, -0.15) is 0 Å². The molecule has 4 heteroatoms. The quantitative estimate of drug-likeness (QED) is 0.804. The smallest absolute Gasteiger partial charge is 0.0195 e. The maximum atomic E-state index is 3.56. The Morgan fingerprint density at radius 2 is 2.00 bits per heavy atom. The molecule has 0 aromatic carbocycles. The minimum Gasteiger partial charge on any atom is -0.315 e. The monoisotopic (exact) mass is 281 g/mol. The average Bonchev–Trinajstić information content (AvgIpc) is 2.88. The van der Waals surface area contributed by atoms with Crippen molar-refractivity contribution in [1.29, 1.82) is 0 Å². The summed E-state index contributed by atoms with van der Waals surface area (Å²) in [4.78, 5) is 6.56. The lowest BCUT2D eigenvalue weighted by molar-refractivity contribution is 0.0608. The number of nitrogens with one attached hydrogen (secondary N) is 1. The molecule has 0 saturated carbocycles. The lowest BCUT2D eigenvalue weighted by Crippen LogP contribution is -2.55. The van der Waals surface area contributed by atoms with Gasteiger partial charge in [0, 0.05) is 49.7 Å². The zero-order valence-corrected chi connectivity index (χ0v) is 13.2. The predicted molar refractivity (Wildman–Crippen MR) is 84.0 cm³/mol. The van der Waals surface area contributed by atoms with Crippen LogP contribution in [0, 0.1) is 0 Å². The molecule has 108 valence electrons. The molecule has 1 aliphatic rings. The minimum absolute atomic E-state index is 0.676. The fourth-order valence-corrected chi connectivity index (χ4v) is 3.43. The number of piperazine rings is 1. The summed E-state index contributed by atoms with van der Waals surface area (Å²) in [5, 5.41) is 5.72. The number of nitrogens with zero attached hydrogens (tertiary/aromatic N) is 2. The highest BCUT2D eigenvalue weighted by Crippen LogP contribution is 2.12. The van der Waals surface area contributed by atoms with Crippen LogP contribution in [-0.4, -0.2) is 61.7 Å². The van der Waals surface area contributed by atoms with Crippen LogP contribution < -0.4 is 5.32 Å². The molecule has 1 N–H and O–H groups in total. The molecule has 2 rings (SSSR count). The molecule has 1 saturated heterocycles. The maximum Gasteiger partial charge on any atom is 0.0195 e. The van der Waals surface area contributed by atoms with Gasteiger partial charge in [-0.05, 0) is 38.8 Å². The lowest BCUT2D eigenvalue weighted by Gasteiger charge is -2.42. The van der Waals surface area contributed by atoms with Crippen molar-refractivity contribution in [3.05, 3.63) is 22.4 Å². The Morgan fingerprint density at radius 3 is 2.63 bits per heavy atom. The van der Waals surface area contributed by atoms with Gasteiger partial charge in [-0.15, -0.1) is 11.3 Å². The van der Waals surface area contributed by atoms with Crippen LogP contribution in [0.4, 0.5) is 0 Å². The largest absolute Gasteiger partial charge is 0.315 e. The van der Waals surface area contributed by atoms with Gasteiger partial charge in [0.2, 0.25) is 0 Å². The number of hydrogen-bond acceptors (Lipinski definition) is 4. The van der Waals surface area contributed by atoms with Gasteiger partial charge in [0.15, 0.2) is 0 Å². The van der Waals surface area contributed by atoms with Gasteiger partial charge in [-0.25, -0.2) is 0 Å². The molecule has 1 fully saturated rings. The van der Waals surface area contributed by atoms with Gasteiger partial charge in [-0.3, -0.25) is 9.80 Å². The van der Waals surface area contributed by atoms with Crippen molar-refractivity contribution < 1.29 is 0 Å². The van der Waals surface area contributed by atoms with Gasteiger partial charge in [-0.1, -0.05) is 6.07 Å². The second kappa shape index (κ2) is 7.39. The van der Waals surface area contributed by atoms with Gasteiger partial charge >= 0.3 is 0 Å². The van der Waals surface area contributed by atoms with E-state index in [2.05, 4.69) is 53.5 Å². The first-order valence-electron chi connectivity index (χ1n) is 7.34. The molecule has 0 aliphatic carbocycles. The molecule has 1 aromatic rings. The normalized spacial score (nSPS) is 25.8. The standard InChI is InChI=1S/C15H27N3S/c1-13-11-18(12-14(2)17(13)3)9-8-16-7-6-15-5-4-10-19-15/h4-5,10,13-14,16H,6-9,11-12H2,1-3H3. The van der Waals surface area contributed by atoms with Crippen molar-refractivity contribution in [2.75, 3.05) is 39.8 Å². The van der Waals surface area contributed by atoms with E-state index in [0.29, 0.717) is 12.1 Å². The van der Waals surface area contributed by atoms with E-state index < -0.39 is 0 Å². The summed E-state index contributed by atoms with van der Waals surface area (Å²) < 4.78 is 0. The highest BCUT2D eigenvalue weighted by Gasteiger charge is 2.25. The minimum atomic E-state index is 0.676. The third-order valence-electron chi connectivity index (χ3n) is 4.17. The summed E-state index contributed by atoms with van der Waals surface area (Å²) in [6.45, 7) is 10.4. The topological polar surface area (TPSA) is 18.5 Å². The Labute approximate surface area is 121 Å². The van der Waals surface area contributed by atoms with Crippen LogP contribution in [0.25, 0.3) is 0 Å². The molecule has 19 heavy (non-hydrogen) atoms. The molecule has 1 aliphatic heterocycles. The average molecular weight is 281 g/mol. The van der Waals surface area contributed by atoms with E-state index in [9.17, 15) is 0 Å². The third-order valence-corrected chi connectivity index (χ3v) is 5.10.